The molecule has 1 amide bonds. The van der Waals surface area contributed by atoms with E-state index in [9.17, 15) is 13.6 Å². The summed E-state index contributed by atoms with van der Waals surface area (Å²) < 4.78 is 26.8. The van der Waals surface area contributed by atoms with Crippen molar-refractivity contribution in [2.75, 3.05) is 11.9 Å². The minimum Gasteiger partial charge on any atom is -0.321 e. The average molecular weight is 317 g/mol. The van der Waals surface area contributed by atoms with Crippen LogP contribution in [0.15, 0.2) is 42.5 Å². The Balaban J connectivity index is 1.70. The van der Waals surface area contributed by atoms with Crippen LogP contribution >= 0.6 is 0 Å². The Bertz CT molecular complexity index is 733. The van der Waals surface area contributed by atoms with Crippen molar-refractivity contribution in [3.63, 3.8) is 0 Å². The van der Waals surface area contributed by atoms with E-state index in [2.05, 4.69) is 17.4 Å². The van der Waals surface area contributed by atoms with Gasteiger partial charge in [0.2, 0.25) is 0 Å². The molecule has 0 radical (unpaired) electrons. The molecule has 5 heteroatoms. The van der Waals surface area contributed by atoms with Gasteiger partial charge in [-0.15, -0.1) is 0 Å². The summed E-state index contributed by atoms with van der Waals surface area (Å²) in [6.07, 6.45) is 0.914. The fourth-order valence-corrected chi connectivity index (χ4v) is 2.99. The average Bonchev–Trinajstić information content (AvgIpc) is 2.57. The number of carbonyl (C=O) groups excluding carboxylic acids is 1. The van der Waals surface area contributed by atoms with Crippen LogP contribution < -0.4 is 10.2 Å². The number of nitrogens with one attached hydrogen (secondary N) is 2. The van der Waals surface area contributed by atoms with Gasteiger partial charge in [-0.05, 0) is 24.6 Å². The van der Waals surface area contributed by atoms with Gasteiger partial charge in [-0.3, -0.25) is 4.79 Å². The van der Waals surface area contributed by atoms with Gasteiger partial charge in [-0.2, -0.15) is 0 Å². The van der Waals surface area contributed by atoms with E-state index in [1.807, 2.05) is 19.1 Å². The summed E-state index contributed by atoms with van der Waals surface area (Å²) in [5.74, 6) is -1.51. The van der Waals surface area contributed by atoms with E-state index in [-0.39, 0.29) is 17.6 Å². The molecule has 2 N–H and O–H groups in total. The molecule has 120 valence electrons. The van der Waals surface area contributed by atoms with Crippen molar-refractivity contribution in [2.24, 2.45) is 0 Å². The first kappa shape index (κ1) is 15.6. The van der Waals surface area contributed by atoms with Gasteiger partial charge in [-0.1, -0.05) is 24.3 Å². The van der Waals surface area contributed by atoms with Crippen molar-refractivity contribution >= 4 is 11.6 Å². The monoisotopic (exact) mass is 317 g/mol. The number of fused-ring (bicyclic) bond motifs is 1. The number of halogens is 2. The molecule has 0 fully saturated rings. The molecule has 0 aliphatic carbocycles. The second-order valence-electron chi connectivity index (χ2n) is 5.94. The van der Waals surface area contributed by atoms with E-state index >= 15 is 0 Å². The number of benzene rings is 2. The van der Waals surface area contributed by atoms with Gasteiger partial charge in [-0.25, -0.2) is 8.78 Å². The first-order valence-corrected chi connectivity index (χ1v) is 7.72. The molecule has 0 saturated heterocycles. The summed E-state index contributed by atoms with van der Waals surface area (Å²) in [5, 5.41) is 2.50. The minimum atomic E-state index is -0.633. The zero-order chi connectivity index (χ0) is 16.4. The second-order valence-corrected chi connectivity index (χ2v) is 5.94. The highest BCUT2D eigenvalue weighted by Crippen LogP contribution is 2.15. The maximum atomic E-state index is 13.6. The van der Waals surface area contributed by atoms with E-state index in [4.69, 9.17) is 0 Å². The maximum absolute atomic E-state index is 13.6. The molecule has 3 nitrogen and oxygen atoms in total. The Labute approximate surface area is 133 Å². The summed E-state index contributed by atoms with van der Waals surface area (Å²) in [6, 6.07) is 10.9. The summed E-state index contributed by atoms with van der Waals surface area (Å²) in [4.78, 5) is 13.5. The van der Waals surface area contributed by atoms with Gasteiger partial charge in [0.1, 0.15) is 18.2 Å². The third-order valence-electron chi connectivity index (χ3n) is 4.44. The highest BCUT2D eigenvalue weighted by Gasteiger charge is 2.29. The molecule has 0 bridgehead atoms. The molecule has 0 spiro atoms. The van der Waals surface area contributed by atoms with E-state index in [0.717, 1.165) is 42.6 Å². The molecular formula is C18H19F2N2O+. The van der Waals surface area contributed by atoms with Crippen LogP contribution in [0.2, 0.25) is 0 Å². The van der Waals surface area contributed by atoms with Gasteiger partial charge in [0.05, 0.1) is 12.2 Å². The van der Waals surface area contributed by atoms with Crippen molar-refractivity contribution in [3.05, 3.63) is 65.2 Å². The first-order chi connectivity index (χ1) is 11.0. The molecule has 1 aliphatic heterocycles. The molecule has 2 aromatic carbocycles. The quantitative estimate of drug-likeness (QED) is 0.891. The Kier molecular flexibility index (Phi) is 4.39. The molecule has 0 saturated carbocycles. The molecular weight excluding hydrogens is 298 g/mol. The Morgan fingerprint density at radius 1 is 1.17 bits per heavy atom. The number of amides is 1. The number of quaternary nitrogens is 1. The number of hydrogen-bond donors (Lipinski definition) is 2. The third-order valence-corrected chi connectivity index (χ3v) is 4.44. The summed E-state index contributed by atoms with van der Waals surface area (Å²) in [6.45, 7) is 3.42. The van der Waals surface area contributed by atoms with E-state index in [1.165, 1.54) is 11.1 Å². The Morgan fingerprint density at radius 2 is 1.91 bits per heavy atom. The van der Waals surface area contributed by atoms with Crippen LogP contribution in [0.1, 0.15) is 18.1 Å². The van der Waals surface area contributed by atoms with Crippen LogP contribution in [-0.2, 0) is 17.8 Å². The van der Waals surface area contributed by atoms with Crippen LogP contribution in [0.4, 0.5) is 14.5 Å². The Hall–Kier alpha value is -2.27. The molecule has 3 rings (SSSR count). The second kappa shape index (κ2) is 6.46. The smallest absolute Gasteiger partial charge is 0.282 e. The molecule has 0 aromatic heterocycles. The van der Waals surface area contributed by atoms with Crippen LogP contribution in [-0.4, -0.2) is 18.5 Å². The van der Waals surface area contributed by atoms with Gasteiger partial charge in [0, 0.05) is 18.1 Å². The van der Waals surface area contributed by atoms with E-state index in [1.54, 1.807) is 0 Å². The standard InChI is InChI=1S/C18H18F2N2O/c1-12(18(23)21-17-10-15(19)6-7-16(17)20)22-9-8-13-4-2-3-5-14(13)11-22/h2-7,10,12H,8-9,11H2,1H3,(H,21,23)/p+1/t12-/m1/s1. The largest absolute Gasteiger partial charge is 0.321 e. The van der Waals surface area contributed by atoms with E-state index in [0.29, 0.717) is 0 Å². The van der Waals surface area contributed by atoms with Gasteiger partial charge in [0.25, 0.3) is 5.91 Å². The fraction of sp³-hybridized carbons (Fsp3) is 0.278. The topological polar surface area (TPSA) is 33.5 Å². The van der Waals surface area contributed by atoms with Crippen molar-refractivity contribution in [2.45, 2.75) is 25.9 Å². The first-order valence-electron chi connectivity index (χ1n) is 7.72. The minimum absolute atomic E-state index is 0.112. The zero-order valence-electron chi connectivity index (χ0n) is 12.9. The summed E-state index contributed by atoms with van der Waals surface area (Å²) in [7, 11) is 0. The van der Waals surface area contributed by atoms with Crippen molar-refractivity contribution in [1.82, 2.24) is 0 Å². The third kappa shape index (κ3) is 3.40. The SMILES string of the molecule is C[C@H](C(=O)Nc1cc(F)ccc1F)[NH+]1CCc2ccccc2C1. The molecule has 1 unspecified atom stereocenters. The molecule has 23 heavy (non-hydrogen) atoms. The highest BCUT2D eigenvalue weighted by molar-refractivity contribution is 5.93. The van der Waals surface area contributed by atoms with Crippen molar-refractivity contribution < 1.29 is 18.5 Å². The van der Waals surface area contributed by atoms with Crippen molar-refractivity contribution in [3.8, 4) is 0 Å². The lowest BCUT2D eigenvalue weighted by Crippen LogP contribution is -3.16. The predicted octanol–water partition coefficient (Wildman–Crippen LogP) is 1.93. The van der Waals surface area contributed by atoms with Crippen molar-refractivity contribution in [1.29, 1.82) is 0 Å². The van der Waals surface area contributed by atoms with E-state index < -0.39 is 11.6 Å². The lowest BCUT2D eigenvalue weighted by molar-refractivity contribution is -0.929. The zero-order valence-corrected chi connectivity index (χ0v) is 12.9. The Morgan fingerprint density at radius 3 is 2.70 bits per heavy atom. The number of hydrogen-bond acceptors (Lipinski definition) is 1. The number of carbonyl (C=O) groups is 1. The fourth-order valence-electron chi connectivity index (χ4n) is 2.99. The lowest BCUT2D eigenvalue weighted by Gasteiger charge is -2.30. The van der Waals surface area contributed by atoms with Gasteiger partial charge in [0.15, 0.2) is 6.04 Å². The highest BCUT2D eigenvalue weighted by atomic mass is 19.1. The number of rotatable bonds is 3. The van der Waals surface area contributed by atoms with Crippen LogP contribution in [0, 0.1) is 11.6 Å². The molecule has 2 atom stereocenters. The summed E-state index contributed by atoms with van der Waals surface area (Å²) in [5.41, 5.74) is 2.45. The molecule has 2 aromatic rings. The van der Waals surface area contributed by atoms with Gasteiger partial charge >= 0.3 is 0 Å². The normalized spacial score (nSPS) is 18.1. The van der Waals surface area contributed by atoms with Gasteiger partial charge < -0.3 is 10.2 Å². The maximum Gasteiger partial charge on any atom is 0.282 e. The number of anilines is 1. The predicted molar refractivity (Wildman–Crippen MR) is 84.1 cm³/mol. The van der Waals surface area contributed by atoms with Crippen LogP contribution in [0.3, 0.4) is 0 Å². The van der Waals surface area contributed by atoms with Crippen LogP contribution in [0.25, 0.3) is 0 Å². The summed E-state index contributed by atoms with van der Waals surface area (Å²) >= 11 is 0. The lowest BCUT2D eigenvalue weighted by atomic mass is 9.99. The van der Waals surface area contributed by atoms with Crippen LogP contribution in [0.5, 0.6) is 0 Å². The molecule has 1 aliphatic rings. The molecule has 1 heterocycles.